The van der Waals surface area contributed by atoms with Crippen LogP contribution in [0.2, 0.25) is 0 Å². The largest absolute Gasteiger partial charge is 0.492 e. The second-order valence-electron chi connectivity index (χ2n) is 6.49. The third-order valence-corrected chi connectivity index (χ3v) is 7.40. The first-order valence-corrected chi connectivity index (χ1v) is 12.3. The van der Waals surface area contributed by atoms with Crippen molar-refractivity contribution >= 4 is 33.4 Å². The fraction of sp³-hybridized carbons (Fsp3) is 0.381. The highest BCUT2D eigenvalue weighted by Gasteiger charge is 2.30. The SMILES string of the molecule is CCOc1ccc(NC(=O)c2ccccc2SCC)cc1S(=O)(=O)N1CCOCC1. The molecule has 1 heterocycles. The Bertz CT molecular complexity index is 989. The third kappa shape index (κ3) is 5.15. The minimum Gasteiger partial charge on any atom is -0.492 e. The van der Waals surface area contributed by atoms with Crippen molar-refractivity contribution in [1.29, 1.82) is 0 Å². The molecule has 0 radical (unpaired) electrons. The Labute approximate surface area is 181 Å². The zero-order valence-electron chi connectivity index (χ0n) is 17.1. The fourth-order valence-corrected chi connectivity index (χ4v) is 5.49. The Balaban J connectivity index is 1.92. The van der Waals surface area contributed by atoms with Gasteiger partial charge in [-0.05, 0) is 43.0 Å². The number of benzene rings is 2. The molecule has 1 fully saturated rings. The van der Waals surface area contributed by atoms with Gasteiger partial charge in [-0.1, -0.05) is 19.1 Å². The van der Waals surface area contributed by atoms with Crippen LogP contribution >= 0.6 is 11.8 Å². The highest BCUT2D eigenvalue weighted by molar-refractivity contribution is 7.99. The van der Waals surface area contributed by atoms with Crippen molar-refractivity contribution in [3.63, 3.8) is 0 Å². The summed E-state index contributed by atoms with van der Waals surface area (Å²) >= 11 is 1.58. The van der Waals surface area contributed by atoms with Crippen molar-refractivity contribution in [3.05, 3.63) is 48.0 Å². The monoisotopic (exact) mass is 450 g/mol. The number of amides is 1. The smallest absolute Gasteiger partial charge is 0.256 e. The number of anilines is 1. The molecule has 0 spiro atoms. The van der Waals surface area contributed by atoms with Crippen molar-refractivity contribution in [2.45, 2.75) is 23.6 Å². The van der Waals surface area contributed by atoms with E-state index >= 15 is 0 Å². The van der Waals surface area contributed by atoms with Gasteiger partial charge in [-0.3, -0.25) is 4.79 Å². The van der Waals surface area contributed by atoms with E-state index in [1.165, 1.54) is 10.4 Å². The van der Waals surface area contributed by atoms with E-state index in [2.05, 4.69) is 5.32 Å². The number of carbonyl (C=O) groups is 1. The van der Waals surface area contributed by atoms with Crippen LogP contribution in [0.15, 0.2) is 52.3 Å². The number of rotatable bonds is 8. The van der Waals surface area contributed by atoms with Gasteiger partial charge in [0, 0.05) is 23.7 Å². The normalized spacial score (nSPS) is 15.0. The Morgan fingerprint density at radius 2 is 1.90 bits per heavy atom. The van der Waals surface area contributed by atoms with E-state index in [4.69, 9.17) is 9.47 Å². The van der Waals surface area contributed by atoms with Crippen LogP contribution in [0.4, 0.5) is 5.69 Å². The zero-order chi connectivity index (χ0) is 21.6. The van der Waals surface area contributed by atoms with Gasteiger partial charge in [0.15, 0.2) is 0 Å². The molecule has 1 aliphatic heterocycles. The van der Waals surface area contributed by atoms with E-state index in [1.54, 1.807) is 43.0 Å². The maximum absolute atomic E-state index is 13.2. The van der Waals surface area contributed by atoms with Crippen LogP contribution in [-0.4, -0.2) is 57.3 Å². The second kappa shape index (κ2) is 10.3. The molecule has 0 saturated carbocycles. The molecule has 0 aromatic heterocycles. The number of ether oxygens (including phenoxy) is 2. The van der Waals surface area contributed by atoms with Gasteiger partial charge in [0.25, 0.3) is 5.91 Å². The van der Waals surface area contributed by atoms with Crippen molar-refractivity contribution in [3.8, 4) is 5.75 Å². The first-order chi connectivity index (χ1) is 14.5. The van der Waals surface area contributed by atoms with Gasteiger partial charge in [0.1, 0.15) is 10.6 Å². The van der Waals surface area contributed by atoms with E-state index in [9.17, 15) is 13.2 Å². The summed E-state index contributed by atoms with van der Waals surface area (Å²) in [5.41, 5.74) is 0.947. The molecular weight excluding hydrogens is 424 g/mol. The van der Waals surface area contributed by atoms with Crippen LogP contribution in [0.5, 0.6) is 5.75 Å². The fourth-order valence-electron chi connectivity index (χ4n) is 3.12. The number of hydrogen-bond acceptors (Lipinski definition) is 6. The molecule has 9 heteroatoms. The molecule has 2 aromatic rings. The molecule has 1 saturated heterocycles. The van der Waals surface area contributed by atoms with E-state index in [-0.39, 0.29) is 29.6 Å². The summed E-state index contributed by atoms with van der Waals surface area (Å²) in [5.74, 6) is 0.823. The molecule has 0 atom stereocenters. The lowest BCUT2D eigenvalue weighted by Crippen LogP contribution is -2.40. The maximum Gasteiger partial charge on any atom is 0.256 e. The summed E-state index contributed by atoms with van der Waals surface area (Å²) in [6.45, 7) is 5.42. The second-order valence-corrected chi connectivity index (χ2v) is 9.71. The number of thioether (sulfide) groups is 1. The van der Waals surface area contributed by atoms with Crippen molar-refractivity contribution in [2.24, 2.45) is 0 Å². The average Bonchev–Trinajstić information content (AvgIpc) is 2.76. The van der Waals surface area contributed by atoms with Gasteiger partial charge in [-0.25, -0.2) is 8.42 Å². The molecule has 0 bridgehead atoms. The number of hydrogen-bond donors (Lipinski definition) is 1. The number of nitrogens with one attached hydrogen (secondary N) is 1. The van der Waals surface area contributed by atoms with E-state index in [1.807, 2.05) is 19.1 Å². The van der Waals surface area contributed by atoms with Crippen LogP contribution in [0.1, 0.15) is 24.2 Å². The van der Waals surface area contributed by atoms with Gasteiger partial charge in [0.2, 0.25) is 10.0 Å². The Hall–Kier alpha value is -2.07. The Morgan fingerprint density at radius 1 is 1.17 bits per heavy atom. The Morgan fingerprint density at radius 3 is 2.60 bits per heavy atom. The van der Waals surface area contributed by atoms with Crippen molar-refractivity contribution in [1.82, 2.24) is 4.31 Å². The molecule has 30 heavy (non-hydrogen) atoms. The summed E-state index contributed by atoms with van der Waals surface area (Å²) < 4.78 is 38.6. The van der Waals surface area contributed by atoms with Gasteiger partial charge in [-0.15, -0.1) is 11.8 Å². The highest BCUT2D eigenvalue weighted by Crippen LogP contribution is 2.31. The predicted molar refractivity (Wildman–Crippen MR) is 118 cm³/mol. The predicted octanol–water partition coefficient (Wildman–Crippen LogP) is 3.47. The number of morpholine rings is 1. The minimum absolute atomic E-state index is 0.0419. The topological polar surface area (TPSA) is 84.9 Å². The number of sulfonamides is 1. The van der Waals surface area contributed by atoms with E-state index in [0.29, 0.717) is 31.1 Å². The Kier molecular flexibility index (Phi) is 7.76. The van der Waals surface area contributed by atoms with E-state index < -0.39 is 10.0 Å². The van der Waals surface area contributed by atoms with Crippen molar-refractivity contribution in [2.75, 3.05) is 44.0 Å². The van der Waals surface area contributed by atoms with Crippen molar-refractivity contribution < 1.29 is 22.7 Å². The number of nitrogens with zero attached hydrogens (tertiary/aromatic N) is 1. The summed E-state index contributed by atoms with van der Waals surface area (Å²) in [7, 11) is -3.78. The molecule has 1 amide bonds. The van der Waals surface area contributed by atoms with E-state index in [0.717, 1.165) is 10.6 Å². The first-order valence-electron chi connectivity index (χ1n) is 9.85. The first kappa shape index (κ1) is 22.6. The molecule has 0 unspecified atom stereocenters. The van der Waals surface area contributed by atoms with Crippen LogP contribution < -0.4 is 10.1 Å². The lowest BCUT2D eigenvalue weighted by molar-refractivity contribution is 0.0729. The average molecular weight is 451 g/mol. The number of carbonyl (C=O) groups excluding carboxylic acids is 1. The van der Waals surface area contributed by atoms with Gasteiger partial charge < -0.3 is 14.8 Å². The maximum atomic E-state index is 13.2. The van der Waals surface area contributed by atoms with Gasteiger partial charge in [0.05, 0.1) is 25.4 Å². The molecule has 1 N–H and O–H groups in total. The highest BCUT2D eigenvalue weighted by atomic mass is 32.2. The quantitative estimate of drug-likeness (QED) is 0.620. The molecule has 0 aliphatic carbocycles. The summed E-state index contributed by atoms with van der Waals surface area (Å²) in [5, 5.41) is 2.83. The van der Waals surface area contributed by atoms with Crippen LogP contribution in [0.25, 0.3) is 0 Å². The van der Waals surface area contributed by atoms with Gasteiger partial charge >= 0.3 is 0 Å². The van der Waals surface area contributed by atoms with Crippen LogP contribution in [-0.2, 0) is 14.8 Å². The molecule has 1 aliphatic rings. The summed E-state index contributed by atoms with van der Waals surface area (Å²) in [6, 6.07) is 12.0. The molecule has 7 nitrogen and oxygen atoms in total. The molecular formula is C21H26N2O5S2. The third-order valence-electron chi connectivity index (χ3n) is 4.52. The van der Waals surface area contributed by atoms with Gasteiger partial charge in [-0.2, -0.15) is 4.31 Å². The van der Waals surface area contributed by atoms with Crippen LogP contribution in [0.3, 0.4) is 0 Å². The molecule has 3 rings (SSSR count). The lowest BCUT2D eigenvalue weighted by atomic mass is 10.2. The standard InChI is InChI=1S/C21H26N2O5S2/c1-3-28-18-10-9-16(15-20(18)30(25,26)23-11-13-27-14-12-23)22-21(24)17-7-5-6-8-19(17)29-4-2/h5-10,15H,3-4,11-14H2,1-2H3,(H,22,24). The summed E-state index contributed by atoms with van der Waals surface area (Å²) in [6.07, 6.45) is 0. The van der Waals surface area contributed by atoms with Crippen LogP contribution in [0, 0.1) is 0 Å². The summed E-state index contributed by atoms with van der Waals surface area (Å²) in [4.78, 5) is 13.8. The lowest BCUT2D eigenvalue weighted by Gasteiger charge is -2.27. The minimum atomic E-state index is -3.78. The molecule has 2 aromatic carbocycles. The zero-order valence-corrected chi connectivity index (χ0v) is 18.7. The molecule has 162 valence electrons.